The van der Waals surface area contributed by atoms with Crippen LogP contribution in [0.15, 0.2) is 79.5 Å². The van der Waals surface area contributed by atoms with Crippen LogP contribution in [-0.2, 0) is 35.1 Å². The molecule has 0 unspecified atom stereocenters. The van der Waals surface area contributed by atoms with E-state index in [0.29, 0.717) is 16.9 Å². The molecule has 0 heterocycles. The van der Waals surface area contributed by atoms with E-state index in [4.69, 9.17) is 4.74 Å². The summed E-state index contributed by atoms with van der Waals surface area (Å²) in [5.41, 5.74) is 0.414. The number of fused-ring (bicyclic) bond motifs is 1. The Balaban J connectivity index is 1.76. The number of sulfonamides is 1. The first-order chi connectivity index (χ1) is 23.8. The van der Waals surface area contributed by atoms with E-state index >= 15 is 0 Å². The second-order valence-corrected chi connectivity index (χ2v) is 15.6. The summed E-state index contributed by atoms with van der Waals surface area (Å²) in [5.74, 6) is -1.52. The van der Waals surface area contributed by atoms with E-state index in [2.05, 4.69) is 20.9 Å². The summed E-state index contributed by atoms with van der Waals surface area (Å²) in [4.78, 5) is 10.1. The van der Waals surface area contributed by atoms with Gasteiger partial charge in [0.1, 0.15) is 22.0 Å². The molecular weight excluding hydrogens is 735 g/mol. The number of nitrogens with one attached hydrogen (secondary N) is 2. The highest BCUT2D eigenvalue weighted by Gasteiger charge is 2.26. The largest absolute Gasteiger partial charge is 0.505 e. The van der Waals surface area contributed by atoms with Gasteiger partial charge in [0.05, 0.1) is 35.8 Å². The van der Waals surface area contributed by atoms with E-state index in [0.717, 1.165) is 29.4 Å². The molecule has 1 amide bonds. The van der Waals surface area contributed by atoms with E-state index in [1.165, 1.54) is 43.5 Å². The molecule has 0 saturated heterocycles. The first-order valence-electron chi connectivity index (χ1n) is 14.6. The number of phenolic OH excluding ortho intramolecular Hbond substituents is 1. The number of azo groups is 1. The minimum Gasteiger partial charge on any atom is -0.505 e. The highest BCUT2D eigenvalue weighted by atomic mass is 32.2. The molecule has 21 heteroatoms. The average Bonchev–Trinajstić information content (AvgIpc) is 3.04. The molecule has 0 aliphatic rings. The van der Waals surface area contributed by atoms with Gasteiger partial charge in [-0.25, -0.2) is 8.42 Å². The molecule has 0 spiro atoms. The second-order valence-electron chi connectivity index (χ2n) is 10.8. The van der Waals surface area contributed by atoms with Gasteiger partial charge in [0.2, 0.25) is 15.9 Å². The van der Waals surface area contributed by atoms with Gasteiger partial charge in [-0.2, -0.15) is 21.1 Å². The van der Waals surface area contributed by atoms with Gasteiger partial charge in [-0.3, -0.25) is 13.9 Å². The molecule has 0 saturated carbocycles. The lowest BCUT2D eigenvalue weighted by Crippen LogP contribution is -2.35. The normalized spacial score (nSPS) is 12.5. The fourth-order valence-corrected chi connectivity index (χ4v) is 7.56. The van der Waals surface area contributed by atoms with Gasteiger partial charge in [-0.05, 0) is 66.4 Å². The van der Waals surface area contributed by atoms with Crippen LogP contribution in [0.3, 0.4) is 0 Å². The summed E-state index contributed by atoms with van der Waals surface area (Å²) in [6.07, 6.45) is 0. The zero-order valence-electron chi connectivity index (χ0n) is 27.1. The van der Waals surface area contributed by atoms with Crippen molar-refractivity contribution in [3.8, 4) is 11.5 Å². The minimum atomic E-state index is -5.14. The minimum absolute atomic E-state index is 0.0273. The molecule has 4 aromatic rings. The number of carbonyl (C=O) groups is 1. The van der Waals surface area contributed by atoms with Gasteiger partial charge in [0, 0.05) is 42.8 Å². The van der Waals surface area contributed by atoms with Crippen LogP contribution in [0.4, 0.5) is 28.4 Å². The smallest absolute Gasteiger partial charge is 0.296 e. The van der Waals surface area contributed by atoms with Crippen molar-refractivity contribution in [2.45, 2.75) is 28.5 Å². The first-order valence-corrected chi connectivity index (χ1v) is 18.9. The van der Waals surface area contributed by atoms with E-state index < -0.39 is 70.6 Å². The number of aryl methyl sites for hydroxylation is 1. The highest BCUT2D eigenvalue weighted by molar-refractivity contribution is 7.89. The Bertz CT molecular complexity index is 2340. The molecule has 0 bridgehead atoms. The molecule has 0 aromatic heterocycles. The number of aromatic hydroxyl groups is 1. The van der Waals surface area contributed by atoms with Crippen molar-refractivity contribution < 1.29 is 59.2 Å². The Kier molecular flexibility index (Phi) is 11.7. The zero-order valence-corrected chi connectivity index (χ0v) is 29.5. The van der Waals surface area contributed by atoms with E-state index in [1.54, 1.807) is 6.92 Å². The topological polar surface area (TPSA) is 282 Å². The molecule has 51 heavy (non-hydrogen) atoms. The van der Waals surface area contributed by atoms with Gasteiger partial charge < -0.3 is 30.7 Å². The lowest BCUT2D eigenvalue weighted by Gasteiger charge is -2.20. The van der Waals surface area contributed by atoms with Gasteiger partial charge in [-0.1, -0.05) is 0 Å². The van der Waals surface area contributed by atoms with Gasteiger partial charge in [0.25, 0.3) is 20.2 Å². The Morgan fingerprint density at radius 3 is 2.00 bits per heavy atom. The molecule has 274 valence electrons. The van der Waals surface area contributed by atoms with Gasteiger partial charge >= 0.3 is 0 Å². The van der Waals surface area contributed by atoms with Crippen molar-refractivity contribution in [2.24, 2.45) is 10.2 Å². The number of amides is 1. The van der Waals surface area contributed by atoms with Crippen LogP contribution in [-0.4, -0.2) is 93.3 Å². The number of benzene rings is 4. The molecule has 0 fully saturated rings. The summed E-state index contributed by atoms with van der Waals surface area (Å²) in [6, 6.07) is 11.1. The summed E-state index contributed by atoms with van der Waals surface area (Å²) in [6.45, 7) is 1.50. The number of phenols is 1. The molecule has 0 aliphatic carbocycles. The first kappa shape index (κ1) is 39.1. The molecule has 4 aromatic carbocycles. The zero-order chi connectivity index (χ0) is 37.9. The molecule has 0 atom stereocenters. The van der Waals surface area contributed by atoms with Crippen LogP contribution in [0.2, 0.25) is 0 Å². The van der Waals surface area contributed by atoms with Crippen LogP contribution in [0.1, 0.15) is 12.5 Å². The van der Waals surface area contributed by atoms with Crippen LogP contribution in [0.5, 0.6) is 11.5 Å². The predicted octanol–water partition coefficient (Wildman–Crippen LogP) is 3.45. The Morgan fingerprint density at radius 1 is 0.843 bits per heavy atom. The third kappa shape index (κ3) is 8.77. The molecular formula is C30H33N5O13S3. The Labute approximate surface area is 292 Å². The van der Waals surface area contributed by atoms with Crippen LogP contribution < -0.4 is 15.4 Å². The van der Waals surface area contributed by atoms with Gasteiger partial charge in [-0.15, -0.1) is 10.2 Å². The highest BCUT2D eigenvalue weighted by Crippen LogP contribution is 2.46. The summed E-state index contributed by atoms with van der Waals surface area (Å²) >= 11 is 0. The fraction of sp³-hybridized carbons (Fsp3) is 0.233. The third-order valence-electron chi connectivity index (χ3n) is 7.26. The molecule has 18 nitrogen and oxygen atoms in total. The maximum atomic E-state index is 12.9. The number of aliphatic hydroxyl groups excluding tert-OH is 2. The quantitative estimate of drug-likeness (QED) is 0.0715. The number of nitrogens with zero attached hydrogens (tertiary/aromatic N) is 3. The summed E-state index contributed by atoms with van der Waals surface area (Å²) in [7, 11) is -12.7. The fourth-order valence-electron chi connectivity index (χ4n) is 4.93. The average molecular weight is 768 g/mol. The standard InChI is InChI=1S/C30H33N5O13S3/c1-17-12-24(26(48-3)16-23(17)32-20-4-6-21(7-5-20)49(40,41)35(8-10-36)9-11-37)33-34-29-27(51(45,46)47)14-19-13-22(50(42,43)44)15-25(31-18(2)38)28(19)30(29)39/h4-7,12-16,32,36-37,39H,8-11H2,1-3H3,(H,31,38)(H,42,43,44)(H,45,46,47). The Morgan fingerprint density at radius 2 is 1.47 bits per heavy atom. The van der Waals surface area contributed by atoms with Crippen molar-refractivity contribution in [1.29, 1.82) is 0 Å². The molecule has 4 rings (SSSR count). The summed E-state index contributed by atoms with van der Waals surface area (Å²) < 4.78 is 100. The number of anilines is 3. The molecule has 7 N–H and O–H groups in total. The van der Waals surface area contributed by atoms with Crippen molar-refractivity contribution in [3.05, 3.63) is 60.2 Å². The van der Waals surface area contributed by atoms with Crippen LogP contribution in [0, 0.1) is 6.92 Å². The number of aliphatic hydroxyl groups is 2. The monoisotopic (exact) mass is 767 g/mol. The lowest BCUT2D eigenvalue weighted by molar-refractivity contribution is -0.114. The summed E-state index contributed by atoms with van der Waals surface area (Å²) in [5, 5.41) is 42.4. The second kappa shape index (κ2) is 15.2. The predicted molar refractivity (Wildman–Crippen MR) is 184 cm³/mol. The maximum absolute atomic E-state index is 12.9. The van der Waals surface area contributed by atoms with E-state index in [1.807, 2.05) is 0 Å². The molecule has 0 aliphatic heterocycles. The van der Waals surface area contributed by atoms with E-state index in [-0.39, 0.29) is 45.9 Å². The number of methoxy groups -OCH3 is 1. The van der Waals surface area contributed by atoms with E-state index in [9.17, 15) is 54.5 Å². The van der Waals surface area contributed by atoms with Crippen molar-refractivity contribution in [1.82, 2.24) is 4.31 Å². The number of hydrogen-bond acceptors (Lipinski definition) is 14. The molecule has 0 radical (unpaired) electrons. The van der Waals surface area contributed by atoms with Gasteiger partial charge in [0.15, 0.2) is 5.75 Å². The third-order valence-corrected chi connectivity index (χ3v) is 10.9. The number of ether oxygens (including phenoxy) is 1. The number of hydrogen-bond donors (Lipinski definition) is 7. The maximum Gasteiger partial charge on any atom is 0.296 e. The lowest BCUT2D eigenvalue weighted by atomic mass is 10.1. The number of carbonyl (C=O) groups excluding carboxylic acids is 1. The van der Waals surface area contributed by atoms with Crippen molar-refractivity contribution in [2.75, 3.05) is 44.0 Å². The van der Waals surface area contributed by atoms with Crippen molar-refractivity contribution >= 4 is 75.4 Å². The Hall–Kier alpha value is -4.74. The van der Waals surface area contributed by atoms with Crippen LogP contribution in [0.25, 0.3) is 10.8 Å². The van der Waals surface area contributed by atoms with Crippen molar-refractivity contribution in [3.63, 3.8) is 0 Å². The number of rotatable bonds is 14. The SMILES string of the molecule is COc1cc(Nc2ccc(S(=O)(=O)N(CCO)CCO)cc2)c(C)cc1N=Nc1c(S(=O)(=O)O)cc2cc(S(=O)(=O)O)cc(NC(C)=O)c2c1O. The van der Waals surface area contributed by atoms with Crippen LogP contribution >= 0.6 is 0 Å².